The first-order valence-electron chi connectivity index (χ1n) is 5.74. The predicted octanol–water partition coefficient (Wildman–Crippen LogP) is 1.69. The second-order valence-electron chi connectivity index (χ2n) is 4.33. The van der Waals surface area contributed by atoms with Crippen LogP contribution in [0.15, 0.2) is 30.5 Å². The molecular formula is C13H14ClN3O2. The van der Waals surface area contributed by atoms with E-state index in [-0.39, 0.29) is 6.42 Å². The van der Waals surface area contributed by atoms with E-state index in [1.54, 1.807) is 30.1 Å². The Kier molecular flexibility index (Phi) is 3.87. The first kappa shape index (κ1) is 13.6. The lowest BCUT2D eigenvalue weighted by Crippen LogP contribution is -2.32. The Labute approximate surface area is 115 Å². The normalized spacial score (nSPS) is 12.4. The number of hydrogen-bond acceptors (Lipinski definition) is 3. The van der Waals surface area contributed by atoms with Crippen LogP contribution in [0.5, 0.6) is 0 Å². The minimum Gasteiger partial charge on any atom is -0.480 e. The van der Waals surface area contributed by atoms with Crippen molar-refractivity contribution >= 4 is 17.6 Å². The van der Waals surface area contributed by atoms with Gasteiger partial charge in [-0.05, 0) is 12.1 Å². The number of carbonyl (C=O) groups is 1. The van der Waals surface area contributed by atoms with Gasteiger partial charge < -0.3 is 10.8 Å². The van der Waals surface area contributed by atoms with E-state index in [1.165, 1.54) is 0 Å². The van der Waals surface area contributed by atoms with Gasteiger partial charge in [0.15, 0.2) is 0 Å². The lowest BCUT2D eigenvalue weighted by atomic mass is 10.0. The molecule has 1 aromatic carbocycles. The topological polar surface area (TPSA) is 81.1 Å². The van der Waals surface area contributed by atoms with Crippen LogP contribution in [-0.2, 0) is 18.3 Å². The molecule has 5 nitrogen and oxygen atoms in total. The molecule has 19 heavy (non-hydrogen) atoms. The average Bonchev–Trinajstić information content (AvgIpc) is 2.71. The van der Waals surface area contributed by atoms with Crippen LogP contribution in [0.1, 0.15) is 5.56 Å². The quantitative estimate of drug-likeness (QED) is 0.892. The molecule has 2 aromatic rings. The Bertz CT molecular complexity index is 592. The summed E-state index contributed by atoms with van der Waals surface area (Å²) in [4.78, 5) is 10.8. The van der Waals surface area contributed by atoms with Gasteiger partial charge in [0.25, 0.3) is 0 Å². The van der Waals surface area contributed by atoms with Gasteiger partial charge in [-0.15, -0.1) is 0 Å². The van der Waals surface area contributed by atoms with Crippen LogP contribution in [0, 0.1) is 0 Å². The van der Waals surface area contributed by atoms with Gasteiger partial charge in [0.1, 0.15) is 6.04 Å². The number of nitrogens with zero attached hydrogens (tertiary/aromatic N) is 2. The van der Waals surface area contributed by atoms with Gasteiger partial charge >= 0.3 is 5.97 Å². The highest BCUT2D eigenvalue weighted by Gasteiger charge is 2.17. The molecular weight excluding hydrogens is 266 g/mol. The largest absolute Gasteiger partial charge is 0.480 e. The van der Waals surface area contributed by atoms with E-state index in [2.05, 4.69) is 5.10 Å². The van der Waals surface area contributed by atoms with Gasteiger partial charge in [-0.3, -0.25) is 9.48 Å². The Morgan fingerprint density at radius 3 is 2.68 bits per heavy atom. The molecule has 0 aliphatic rings. The number of aryl methyl sites for hydroxylation is 1. The van der Waals surface area contributed by atoms with E-state index < -0.39 is 12.0 Å². The minimum absolute atomic E-state index is 0.237. The monoisotopic (exact) mass is 279 g/mol. The SMILES string of the molecule is Cn1cc(CC(N)C(=O)O)c(-c2ccc(Cl)cc2)n1. The van der Waals surface area contributed by atoms with Crippen LogP contribution in [0.25, 0.3) is 11.3 Å². The smallest absolute Gasteiger partial charge is 0.320 e. The summed E-state index contributed by atoms with van der Waals surface area (Å²) in [7, 11) is 1.79. The van der Waals surface area contributed by atoms with Gasteiger partial charge in [-0.25, -0.2) is 0 Å². The van der Waals surface area contributed by atoms with Crippen LogP contribution in [0.2, 0.25) is 5.02 Å². The maximum atomic E-state index is 10.8. The Balaban J connectivity index is 2.35. The molecule has 0 fully saturated rings. The fourth-order valence-electron chi connectivity index (χ4n) is 1.86. The summed E-state index contributed by atoms with van der Waals surface area (Å²) in [5.74, 6) is -1.02. The number of benzene rings is 1. The first-order valence-corrected chi connectivity index (χ1v) is 6.12. The molecule has 6 heteroatoms. The third-order valence-corrected chi connectivity index (χ3v) is 3.03. The summed E-state index contributed by atoms with van der Waals surface area (Å²) < 4.78 is 1.65. The van der Waals surface area contributed by atoms with Gasteiger partial charge in [0.2, 0.25) is 0 Å². The third kappa shape index (κ3) is 3.13. The highest BCUT2D eigenvalue weighted by Crippen LogP contribution is 2.24. The second kappa shape index (κ2) is 5.42. The van der Waals surface area contributed by atoms with Crippen molar-refractivity contribution in [2.75, 3.05) is 0 Å². The summed E-state index contributed by atoms with van der Waals surface area (Å²) in [6.07, 6.45) is 2.02. The Hall–Kier alpha value is -1.85. The fourth-order valence-corrected chi connectivity index (χ4v) is 1.99. The van der Waals surface area contributed by atoms with Crippen LogP contribution < -0.4 is 5.73 Å². The lowest BCUT2D eigenvalue weighted by molar-refractivity contribution is -0.138. The van der Waals surface area contributed by atoms with Crippen LogP contribution in [-0.4, -0.2) is 26.9 Å². The van der Waals surface area contributed by atoms with Crippen molar-refractivity contribution in [3.05, 3.63) is 41.0 Å². The minimum atomic E-state index is -1.02. The molecule has 1 heterocycles. The van der Waals surface area contributed by atoms with E-state index in [1.807, 2.05) is 12.1 Å². The van der Waals surface area contributed by atoms with Crippen molar-refractivity contribution in [2.45, 2.75) is 12.5 Å². The summed E-state index contributed by atoms with van der Waals surface area (Å²) in [5.41, 5.74) is 8.00. The van der Waals surface area contributed by atoms with Crippen LogP contribution in [0.3, 0.4) is 0 Å². The maximum Gasteiger partial charge on any atom is 0.320 e. The third-order valence-electron chi connectivity index (χ3n) is 2.78. The second-order valence-corrected chi connectivity index (χ2v) is 4.77. The van der Waals surface area contributed by atoms with Crippen molar-refractivity contribution in [1.29, 1.82) is 0 Å². The number of carboxylic acids is 1. The molecule has 2 rings (SSSR count). The number of aromatic nitrogens is 2. The highest BCUT2D eigenvalue weighted by atomic mass is 35.5. The molecule has 0 aliphatic heterocycles. The Morgan fingerprint density at radius 2 is 2.11 bits per heavy atom. The number of hydrogen-bond donors (Lipinski definition) is 2. The number of aliphatic carboxylic acids is 1. The van der Waals surface area contributed by atoms with Crippen molar-refractivity contribution < 1.29 is 9.90 Å². The van der Waals surface area contributed by atoms with Crippen molar-refractivity contribution in [3.8, 4) is 11.3 Å². The number of carboxylic acid groups (broad SMARTS) is 1. The van der Waals surface area contributed by atoms with Crippen molar-refractivity contribution in [3.63, 3.8) is 0 Å². The van der Waals surface area contributed by atoms with Crippen LogP contribution in [0.4, 0.5) is 0 Å². The fraction of sp³-hybridized carbons (Fsp3) is 0.231. The van der Waals surface area contributed by atoms with E-state index in [4.69, 9.17) is 22.4 Å². The van der Waals surface area contributed by atoms with Crippen molar-refractivity contribution in [2.24, 2.45) is 12.8 Å². The lowest BCUT2D eigenvalue weighted by Gasteiger charge is -2.06. The number of nitrogens with two attached hydrogens (primary N) is 1. The number of halogens is 1. The van der Waals surface area contributed by atoms with Gasteiger partial charge in [-0.1, -0.05) is 23.7 Å². The highest BCUT2D eigenvalue weighted by molar-refractivity contribution is 6.30. The molecule has 0 amide bonds. The standard InChI is InChI=1S/C13H14ClN3O2/c1-17-7-9(6-11(15)13(18)19)12(16-17)8-2-4-10(14)5-3-8/h2-5,7,11H,6,15H2,1H3,(H,18,19). The van der Waals surface area contributed by atoms with Crippen LogP contribution >= 0.6 is 11.6 Å². The molecule has 0 bridgehead atoms. The van der Waals surface area contributed by atoms with Gasteiger partial charge in [0, 0.05) is 35.8 Å². The molecule has 0 spiro atoms. The molecule has 0 saturated heterocycles. The van der Waals surface area contributed by atoms with E-state index >= 15 is 0 Å². The molecule has 1 atom stereocenters. The van der Waals surface area contributed by atoms with E-state index in [0.29, 0.717) is 5.02 Å². The summed E-state index contributed by atoms with van der Waals surface area (Å²) in [6, 6.07) is 6.30. The zero-order valence-corrected chi connectivity index (χ0v) is 11.1. The zero-order valence-electron chi connectivity index (χ0n) is 10.4. The van der Waals surface area contributed by atoms with Gasteiger partial charge in [-0.2, -0.15) is 5.10 Å². The van der Waals surface area contributed by atoms with Crippen molar-refractivity contribution in [1.82, 2.24) is 9.78 Å². The molecule has 0 saturated carbocycles. The van der Waals surface area contributed by atoms with Gasteiger partial charge in [0.05, 0.1) is 5.69 Å². The molecule has 100 valence electrons. The average molecular weight is 280 g/mol. The molecule has 0 radical (unpaired) electrons. The maximum absolute atomic E-state index is 10.8. The van der Waals surface area contributed by atoms with E-state index in [0.717, 1.165) is 16.8 Å². The molecule has 0 aliphatic carbocycles. The Morgan fingerprint density at radius 1 is 1.47 bits per heavy atom. The van der Waals surface area contributed by atoms with E-state index in [9.17, 15) is 4.79 Å². The number of rotatable bonds is 4. The summed E-state index contributed by atoms with van der Waals surface area (Å²) in [5, 5.41) is 13.9. The predicted molar refractivity (Wildman–Crippen MR) is 73.0 cm³/mol. The molecule has 3 N–H and O–H groups in total. The summed E-state index contributed by atoms with van der Waals surface area (Å²) in [6.45, 7) is 0. The first-order chi connectivity index (χ1) is 8.97. The molecule has 1 unspecified atom stereocenters. The summed E-state index contributed by atoms with van der Waals surface area (Å²) >= 11 is 5.85. The zero-order chi connectivity index (χ0) is 14.0. The molecule has 1 aromatic heterocycles.